The molecule has 302 valence electrons. The highest BCUT2D eigenvalue weighted by molar-refractivity contribution is 5.89. The van der Waals surface area contributed by atoms with Crippen molar-refractivity contribution in [3.63, 3.8) is 0 Å². The Labute approximate surface area is 309 Å². The number of hydrogen-bond acceptors (Lipinski definition) is 16. The molecule has 12 atom stereocenters. The molecule has 0 spiro atoms. The topological polar surface area (TPSA) is 312 Å². The van der Waals surface area contributed by atoms with Gasteiger partial charge in [-0.3, -0.25) is 4.79 Å². The number of aromatic nitrogens is 2. The van der Waals surface area contributed by atoms with Crippen LogP contribution in [0.4, 0.5) is 4.79 Å². The molecule has 11 N–H and O–H groups in total. The Kier molecular flexibility index (Phi) is 14.7. The molecule has 2 aromatic rings. The SMILES string of the molecule is CC(C)(C)OC(=O)NC(Cc1cn(CC[C@@H]2O[C@H](CO)[C@@H](O[C@@H]3O[C@H](CO)[C@H](O)[C@H](O)[C@H]3O)[C@H](O)[C@H]2O)cn1)C(=O)N[C@@H](Cc1ccc(O)cc1)C(=O)O. The summed E-state index contributed by atoms with van der Waals surface area (Å²) in [4.78, 5) is 42.5. The van der Waals surface area contributed by atoms with E-state index in [1.807, 2.05) is 0 Å². The first-order valence-electron chi connectivity index (χ1n) is 17.3. The minimum absolute atomic E-state index is 0.0153. The van der Waals surface area contributed by atoms with Crippen molar-refractivity contribution in [2.75, 3.05) is 13.2 Å². The van der Waals surface area contributed by atoms with Gasteiger partial charge in [-0.2, -0.15) is 0 Å². The number of phenols is 1. The van der Waals surface area contributed by atoms with Crippen LogP contribution in [0.25, 0.3) is 0 Å². The van der Waals surface area contributed by atoms with E-state index in [9.17, 15) is 60.3 Å². The number of alkyl carbamates (subject to hydrolysis) is 1. The Bertz CT molecular complexity index is 1530. The fourth-order valence-corrected chi connectivity index (χ4v) is 6.02. The number of ether oxygens (including phenoxy) is 4. The number of aliphatic carboxylic acids is 1. The van der Waals surface area contributed by atoms with E-state index in [1.165, 1.54) is 30.6 Å². The molecule has 20 heteroatoms. The molecule has 2 aliphatic rings. The highest BCUT2D eigenvalue weighted by atomic mass is 16.7. The van der Waals surface area contributed by atoms with Gasteiger partial charge in [0.2, 0.25) is 5.91 Å². The molecule has 4 rings (SSSR count). The molecule has 3 heterocycles. The number of phenolic OH excluding ortho intramolecular Hbond substituents is 1. The second-order valence-corrected chi connectivity index (χ2v) is 14.2. The number of benzene rings is 1. The maximum absolute atomic E-state index is 13.4. The van der Waals surface area contributed by atoms with Crippen molar-refractivity contribution >= 4 is 18.0 Å². The standard InChI is InChI=1S/C34H50N4O16/c1-34(2,3)54-33(50)37-19(30(47)36-20(31(48)49)10-16-4-6-18(41)7-5-16)11-17-12-38(15-35-17)9-8-21-24(42)27(45)29(23(14-40)51-21)53-32-28(46)26(44)25(43)22(13-39)52-32/h4-7,12,15,19-29,32,39-46H,8-11,13-14H2,1-3H3,(H,36,47)(H,37,50)(H,48,49)/t19?,20-,21-,22+,23+,24-,25-,26-,27+,28+,29+,32-/m0/s1. The smallest absolute Gasteiger partial charge is 0.408 e. The second-order valence-electron chi connectivity index (χ2n) is 14.2. The number of hydrogen-bond donors (Lipinski definition) is 11. The monoisotopic (exact) mass is 770 g/mol. The minimum Gasteiger partial charge on any atom is -0.508 e. The van der Waals surface area contributed by atoms with Gasteiger partial charge in [0.25, 0.3) is 0 Å². The number of nitrogens with zero attached hydrogens (tertiary/aromatic N) is 2. The van der Waals surface area contributed by atoms with Crippen LogP contribution >= 0.6 is 0 Å². The van der Waals surface area contributed by atoms with Gasteiger partial charge in [-0.05, 0) is 44.9 Å². The largest absolute Gasteiger partial charge is 0.508 e. The van der Waals surface area contributed by atoms with Crippen LogP contribution in [-0.4, -0.2) is 166 Å². The van der Waals surface area contributed by atoms with Crippen LogP contribution in [0.5, 0.6) is 5.75 Å². The lowest BCUT2D eigenvalue weighted by Gasteiger charge is -2.46. The quantitative estimate of drug-likeness (QED) is 0.0854. The number of rotatable bonds is 15. The number of carboxylic acid groups (broad SMARTS) is 1. The molecule has 2 amide bonds. The van der Waals surface area contributed by atoms with Gasteiger partial charge >= 0.3 is 12.1 Å². The van der Waals surface area contributed by atoms with Crippen LogP contribution in [0.2, 0.25) is 0 Å². The zero-order chi connectivity index (χ0) is 39.9. The molecule has 1 unspecified atom stereocenters. The predicted octanol–water partition coefficient (Wildman–Crippen LogP) is -3.11. The van der Waals surface area contributed by atoms with Crippen molar-refractivity contribution in [3.05, 3.63) is 48.0 Å². The summed E-state index contributed by atoms with van der Waals surface area (Å²) in [5.74, 6) is -2.17. The van der Waals surface area contributed by atoms with E-state index >= 15 is 0 Å². The molecular weight excluding hydrogens is 720 g/mol. The van der Waals surface area contributed by atoms with E-state index in [0.717, 1.165) is 0 Å². The Hall–Kier alpha value is -3.96. The van der Waals surface area contributed by atoms with Crippen LogP contribution in [0.3, 0.4) is 0 Å². The van der Waals surface area contributed by atoms with Crippen LogP contribution in [0.15, 0.2) is 36.8 Å². The van der Waals surface area contributed by atoms with Crippen molar-refractivity contribution in [3.8, 4) is 5.75 Å². The van der Waals surface area contributed by atoms with Crippen LogP contribution in [0, 0.1) is 0 Å². The van der Waals surface area contributed by atoms with Gasteiger partial charge in [0, 0.05) is 25.6 Å². The molecular formula is C34H50N4O16. The summed E-state index contributed by atoms with van der Waals surface area (Å²) in [6.07, 6.45) is -13.4. The predicted molar refractivity (Wildman–Crippen MR) is 181 cm³/mol. The molecule has 0 radical (unpaired) electrons. The van der Waals surface area contributed by atoms with E-state index in [0.29, 0.717) is 11.3 Å². The van der Waals surface area contributed by atoms with Gasteiger partial charge in [-0.25, -0.2) is 14.6 Å². The van der Waals surface area contributed by atoms with Gasteiger partial charge in [0.05, 0.1) is 31.3 Å². The first-order valence-corrected chi connectivity index (χ1v) is 17.3. The molecule has 1 aromatic carbocycles. The number of carbonyl (C=O) groups is 3. The van der Waals surface area contributed by atoms with Crippen molar-refractivity contribution in [2.45, 2.75) is 125 Å². The van der Waals surface area contributed by atoms with Crippen LogP contribution < -0.4 is 10.6 Å². The van der Waals surface area contributed by atoms with Crippen molar-refractivity contribution in [1.29, 1.82) is 0 Å². The molecule has 1 aromatic heterocycles. The Morgan fingerprint density at radius 3 is 2.11 bits per heavy atom. The molecule has 20 nitrogen and oxygen atoms in total. The zero-order valence-corrected chi connectivity index (χ0v) is 29.9. The molecule has 0 aliphatic carbocycles. The van der Waals surface area contributed by atoms with Crippen molar-refractivity contribution < 1.29 is 79.3 Å². The Balaban J connectivity index is 1.40. The van der Waals surface area contributed by atoms with Crippen molar-refractivity contribution in [1.82, 2.24) is 20.2 Å². The minimum atomic E-state index is -1.80. The first-order chi connectivity index (χ1) is 25.4. The number of imidazole rings is 1. The number of carbonyl (C=O) groups excluding carboxylic acids is 2. The number of aliphatic hydroxyl groups is 7. The maximum Gasteiger partial charge on any atom is 0.408 e. The highest BCUT2D eigenvalue weighted by Crippen LogP contribution is 2.30. The lowest BCUT2D eigenvalue weighted by atomic mass is 9.93. The fraction of sp³-hybridized carbons (Fsp3) is 0.647. The van der Waals surface area contributed by atoms with E-state index in [-0.39, 0.29) is 31.6 Å². The Morgan fingerprint density at radius 2 is 1.50 bits per heavy atom. The number of aromatic hydroxyl groups is 1. The normalized spacial score (nSPS) is 29.9. The molecule has 2 fully saturated rings. The van der Waals surface area contributed by atoms with Gasteiger partial charge in [-0.15, -0.1) is 0 Å². The molecule has 2 aliphatic heterocycles. The number of carboxylic acids is 1. The number of aryl methyl sites for hydroxylation is 1. The summed E-state index contributed by atoms with van der Waals surface area (Å²) in [5.41, 5.74) is -0.0732. The summed E-state index contributed by atoms with van der Waals surface area (Å²) in [7, 11) is 0. The van der Waals surface area contributed by atoms with Gasteiger partial charge in [0.1, 0.15) is 72.3 Å². The lowest BCUT2D eigenvalue weighted by Crippen LogP contribution is -2.64. The van der Waals surface area contributed by atoms with E-state index in [4.69, 9.17) is 18.9 Å². The zero-order valence-electron chi connectivity index (χ0n) is 29.9. The summed E-state index contributed by atoms with van der Waals surface area (Å²) in [6.45, 7) is 3.61. The van der Waals surface area contributed by atoms with Gasteiger partial charge < -0.3 is 80.1 Å². The third-order valence-electron chi connectivity index (χ3n) is 8.87. The number of amides is 2. The number of aliphatic hydroxyl groups excluding tert-OH is 7. The molecule has 2 saturated heterocycles. The fourth-order valence-electron chi connectivity index (χ4n) is 6.02. The third kappa shape index (κ3) is 11.3. The summed E-state index contributed by atoms with van der Waals surface area (Å²) >= 11 is 0. The lowest BCUT2D eigenvalue weighted by molar-refractivity contribution is -0.342. The number of nitrogens with one attached hydrogen (secondary N) is 2. The van der Waals surface area contributed by atoms with E-state index < -0.39 is 110 Å². The maximum atomic E-state index is 13.4. The van der Waals surface area contributed by atoms with Crippen molar-refractivity contribution in [2.24, 2.45) is 0 Å². The first kappa shape index (κ1) is 42.8. The van der Waals surface area contributed by atoms with E-state index in [2.05, 4.69) is 15.6 Å². The van der Waals surface area contributed by atoms with Gasteiger partial charge in [0.15, 0.2) is 6.29 Å². The second kappa shape index (κ2) is 18.6. The van der Waals surface area contributed by atoms with Crippen LogP contribution in [-0.2, 0) is 47.9 Å². The molecule has 0 saturated carbocycles. The van der Waals surface area contributed by atoms with E-state index in [1.54, 1.807) is 31.5 Å². The van der Waals surface area contributed by atoms with Crippen LogP contribution in [0.1, 0.15) is 38.4 Å². The highest BCUT2D eigenvalue weighted by Gasteiger charge is 2.50. The summed E-state index contributed by atoms with van der Waals surface area (Å²) in [5, 5.41) is 96.1. The molecule has 0 bridgehead atoms. The summed E-state index contributed by atoms with van der Waals surface area (Å²) < 4.78 is 23.6. The Morgan fingerprint density at radius 1 is 0.852 bits per heavy atom. The third-order valence-corrected chi connectivity index (χ3v) is 8.87. The average Bonchev–Trinajstić information content (AvgIpc) is 3.56. The van der Waals surface area contributed by atoms with Gasteiger partial charge in [-0.1, -0.05) is 12.1 Å². The molecule has 54 heavy (non-hydrogen) atoms. The summed E-state index contributed by atoms with van der Waals surface area (Å²) in [6, 6.07) is 3.08. The average molecular weight is 771 g/mol.